The van der Waals surface area contributed by atoms with Crippen LogP contribution in [0.25, 0.3) is 22.2 Å². The van der Waals surface area contributed by atoms with E-state index in [9.17, 15) is 20.0 Å². The molecule has 3 rings (SSSR count). The molecular formula is C17H15N5O4. The zero-order valence-corrected chi connectivity index (χ0v) is 14.3. The van der Waals surface area contributed by atoms with Gasteiger partial charge in [0.15, 0.2) is 17.1 Å². The molecule has 2 aromatic heterocycles. The number of para-hydroxylation sites is 1. The Morgan fingerprint density at radius 2 is 1.96 bits per heavy atom. The third-order valence-corrected chi connectivity index (χ3v) is 4.22. The van der Waals surface area contributed by atoms with Crippen LogP contribution < -0.4 is 21.7 Å². The number of ether oxygens (including phenoxy) is 1. The number of phenolic OH excluding ortho intramolecular Hbond substituents is 1. The fourth-order valence-corrected chi connectivity index (χ4v) is 2.88. The maximum atomic E-state index is 12.8. The normalized spacial score (nSPS) is 10.7. The monoisotopic (exact) mass is 353 g/mol. The summed E-state index contributed by atoms with van der Waals surface area (Å²) >= 11 is 0. The Kier molecular flexibility index (Phi) is 3.88. The molecule has 0 bridgehead atoms. The number of nitrogens with zero attached hydrogens (tertiary/aromatic N) is 4. The van der Waals surface area contributed by atoms with E-state index in [1.165, 1.54) is 33.3 Å². The molecule has 0 amide bonds. The molecule has 0 spiro atoms. The molecule has 0 saturated heterocycles. The van der Waals surface area contributed by atoms with Crippen molar-refractivity contribution in [2.45, 2.75) is 0 Å². The number of fused-ring (bicyclic) bond motifs is 1. The Bertz CT molecular complexity index is 1220. The van der Waals surface area contributed by atoms with Crippen LogP contribution >= 0.6 is 0 Å². The van der Waals surface area contributed by atoms with Gasteiger partial charge in [0.1, 0.15) is 17.5 Å². The third kappa shape index (κ3) is 2.20. The molecule has 9 nitrogen and oxygen atoms in total. The number of nitrogens with two attached hydrogens (primary N) is 1. The number of hydrogen-bond acceptors (Lipinski definition) is 7. The van der Waals surface area contributed by atoms with Gasteiger partial charge in [-0.3, -0.25) is 13.9 Å². The van der Waals surface area contributed by atoms with Crippen LogP contribution in [0.3, 0.4) is 0 Å². The van der Waals surface area contributed by atoms with Gasteiger partial charge in [0.25, 0.3) is 5.56 Å². The summed E-state index contributed by atoms with van der Waals surface area (Å²) in [5.41, 5.74) is 4.88. The highest BCUT2D eigenvalue weighted by molar-refractivity contribution is 5.99. The van der Waals surface area contributed by atoms with E-state index in [1.54, 1.807) is 6.07 Å². The number of aromatic nitrogens is 3. The van der Waals surface area contributed by atoms with Crippen LogP contribution in [-0.2, 0) is 14.1 Å². The van der Waals surface area contributed by atoms with E-state index in [0.717, 1.165) is 9.13 Å². The molecule has 132 valence electrons. The van der Waals surface area contributed by atoms with Crippen molar-refractivity contribution in [3.8, 4) is 28.7 Å². The van der Waals surface area contributed by atoms with Crippen LogP contribution in [0.4, 0.5) is 5.82 Å². The fraction of sp³-hybridized carbons (Fsp3) is 0.176. The predicted molar refractivity (Wildman–Crippen MR) is 95.0 cm³/mol. The smallest absolute Gasteiger partial charge is 0.332 e. The zero-order valence-electron chi connectivity index (χ0n) is 14.3. The lowest BCUT2D eigenvalue weighted by Gasteiger charge is -2.15. The molecule has 2 heterocycles. The number of pyridine rings is 1. The molecule has 0 unspecified atom stereocenters. The minimum atomic E-state index is -0.649. The minimum absolute atomic E-state index is 0.00361. The average Bonchev–Trinajstić information content (AvgIpc) is 2.64. The van der Waals surface area contributed by atoms with E-state index in [-0.39, 0.29) is 45.0 Å². The predicted octanol–water partition coefficient (Wildman–Crippen LogP) is 0.467. The number of anilines is 1. The number of nitrogen functional groups attached to an aromatic ring is 1. The van der Waals surface area contributed by atoms with Gasteiger partial charge in [-0.05, 0) is 6.07 Å². The van der Waals surface area contributed by atoms with Crippen molar-refractivity contribution in [2.75, 3.05) is 12.8 Å². The molecule has 0 radical (unpaired) electrons. The van der Waals surface area contributed by atoms with E-state index < -0.39 is 11.2 Å². The molecule has 3 aromatic rings. The number of aryl methyl sites for hydroxylation is 1. The van der Waals surface area contributed by atoms with Gasteiger partial charge in [0, 0.05) is 25.2 Å². The molecule has 0 aliphatic rings. The first-order chi connectivity index (χ1) is 12.3. The highest BCUT2D eigenvalue weighted by Crippen LogP contribution is 2.41. The Hall–Kier alpha value is -3.80. The Balaban J connectivity index is 2.68. The van der Waals surface area contributed by atoms with E-state index in [4.69, 9.17) is 10.5 Å². The Labute approximate surface area is 147 Å². The second-order valence-electron chi connectivity index (χ2n) is 5.62. The molecule has 9 heteroatoms. The van der Waals surface area contributed by atoms with Crippen molar-refractivity contribution in [1.29, 1.82) is 5.26 Å². The number of rotatable bonds is 2. The number of aromatic hydroxyl groups is 1. The van der Waals surface area contributed by atoms with Gasteiger partial charge < -0.3 is 15.6 Å². The van der Waals surface area contributed by atoms with E-state index in [1.807, 2.05) is 6.07 Å². The molecule has 0 aliphatic carbocycles. The number of nitriles is 1. The Morgan fingerprint density at radius 1 is 1.27 bits per heavy atom. The van der Waals surface area contributed by atoms with Gasteiger partial charge in [-0.25, -0.2) is 9.78 Å². The van der Waals surface area contributed by atoms with Gasteiger partial charge in [-0.15, -0.1) is 0 Å². The van der Waals surface area contributed by atoms with Crippen LogP contribution in [0.2, 0.25) is 0 Å². The van der Waals surface area contributed by atoms with Gasteiger partial charge in [-0.1, -0.05) is 12.1 Å². The number of benzene rings is 1. The van der Waals surface area contributed by atoms with Crippen LogP contribution in [0.15, 0.2) is 27.8 Å². The molecule has 0 aliphatic heterocycles. The number of hydrogen-bond donors (Lipinski definition) is 2. The molecule has 0 saturated carbocycles. The SMILES string of the molecule is COc1cccc(-c2c(C#N)c(N)nc3c2c(=O)n(C)c(=O)n3C)c1O. The van der Waals surface area contributed by atoms with Crippen molar-refractivity contribution in [2.24, 2.45) is 14.1 Å². The second kappa shape index (κ2) is 5.93. The van der Waals surface area contributed by atoms with Crippen LogP contribution in [0.5, 0.6) is 11.5 Å². The van der Waals surface area contributed by atoms with Gasteiger partial charge in [0.05, 0.1) is 12.5 Å². The van der Waals surface area contributed by atoms with Gasteiger partial charge in [-0.2, -0.15) is 5.26 Å². The average molecular weight is 353 g/mol. The fourth-order valence-electron chi connectivity index (χ4n) is 2.88. The van der Waals surface area contributed by atoms with Crippen molar-refractivity contribution in [3.63, 3.8) is 0 Å². The zero-order chi connectivity index (χ0) is 19.2. The topological polar surface area (TPSA) is 136 Å². The summed E-state index contributed by atoms with van der Waals surface area (Å²) < 4.78 is 7.17. The summed E-state index contributed by atoms with van der Waals surface area (Å²) in [6.07, 6.45) is 0. The van der Waals surface area contributed by atoms with Crippen LogP contribution in [0.1, 0.15) is 5.56 Å². The molecular weight excluding hydrogens is 338 g/mol. The molecule has 0 atom stereocenters. The first-order valence-electron chi connectivity index (χ1n) is 7.49. The maximum absolute atomic E-state index is 12.8. The first-order valence-corrected chi connectivity index (χ1v) is 7.49. The van der Waals surface area contributed by atoms with Crippen LogP contribution in [-0.4, -0.2) is 26.3 Å². The minimum Gasteiger partial charge on any atom is -0.504 e. The summed E-state index contributed by atoms with van der Waals surface area (Å²) in [7, 11) is 4.14. The largest absolute Gasteiger partial charge is 0.504 e. The summed E-state index contributed by atoms with van der Waals surface area (Å²) in [6.45, 7) is 0. The van der Waals surface area contributed by atoms with Crippen molar-refractivity contribution in [1.82, 2.24) is 14.1 Å². The summed E-state index contributed by atoms with van der Waals surface area (Å²) in [5.74, 6) is -0.244. The molecule has 26 heavy (non-hydrogen) atoms. The standard InChI is InChI=1S/C17H15N5O4/c1-21-15-12(16(24)22(2)17(21)25)11(9(7-18)14(19)20-15)8-5-4-6-10(26-3)13(8)23/h4-6,23H,1-3H3,(H2,19,20). The highest BCUT2D eigenvalue weighted by Gasteiger charge is 2.24. The van der Waals surface area contributed by atoms with E-state index >= 15 is 0 Å². The Morgan fingerprint density at radius 3 is 2.58 bits per heavy atom. The quantitative estimate of drug-likeness (QED) is 0.683. The van der Waals surface area contributed by atoms with Gasteiger partial charge in [0.2, 0.25) is 0 Å². The highest BCUT2D eigenvalue weighted by atomic mass is 16.5. The van der Waals surface area contributed by atoms with Crippen LogP contribution in [0, 0.1) is 11.3 Å². The maximum Gasteiger partial charge on any atom is 0.332 e. The lowest BCUT2D eigenvalue weighted by Crippen LogP contribution is -2.37. The van der Waals surface area contributed by atoms with E-state index in [2.05, 4.69) is 4.98 Å². The molecule has 0 fully saturated rings. The third-order valence-electron chi connectivity index (χ3n) is 4.22. The lowest BCUT2D eigenvalue weighted by atomic mass is 9.96. The number of phenols is 1. The second-order valence-corrected chi connectivity index (χ2v) is 5.62. The van der Waals surface area contributed by atoms with E-state index in [0.29, 0.717) is 0 Å². The first kappa shape index (κ1) is 17.0. The lowest BCUT2D eigenvalue weighted by molar-refractivity contribution is 0.374. The van der Waals surface area contributed by atoms with Gasteiger partial charge >= 0.3 is 5.69 Å². The summed E-state index contributed by atoms with van der Waals surface area (Å²) in [4.78, 5) is 29.0. The van der Waals surface area contributed by atoms with Crippen molar-refractivity contribution in [3.05, 3.63) is 44.6 Å². The number of methoxy groups -OCH3 is 1. The summed E-state index contributed by atoms with van der Waals surface area (Å²) in [6, 6.07) is 6.58. The van der Waals surface area contributed by atoms with Crippen molar-refractivity contribution < 1.29 is 9.84 Å². The molecule has 3 N–H and O–H groups in total. The molecule has 1 aromatic carbocycles. The summed E-state index contributed by atoms with van der Waals surface area (Å²) in [5, 5.41) is 20.1. The van der Waals surface area contributed by atoms with Crippen molar-refractivity contribution >= 4 is 16.9 Å².